The van der Waals surface area contributed by atoms with E-state index >= 15 is 0 Å². The summed E-state index contributed by atoms with van der Waals surface area (Å²) in [4.78, 5) is 14.9. The molecule has 2 aliphatic rings. The van der Waals surface area contributed by atoms with Crippen LogP contribution in [-0.4, -0.2) is 62.4 Å². The van der Waals surface area contributed by atoms with E-state index in [0.29, 0.717) is 12.2 Å². The zero-order valence-corrected chi connectivity index (χ0v) is 17.7. The van der Waals surface area contributed by atoms with E-state index in [9.17, 15) is 13.2 Å². The summed E-state index contributed by atoms with van der Waals surface area (Å²) in [6.45, 7) is 10.1. The van der Waals surface area contributed by atoms with Gasteiger partial charge in [0.05, 0.1) is 23.7 Å². The predicted octanol–water partition coefficient (Wildman–Crippen LogP) is 3.08. The molecule has 0 aromatic carbocycles. The van der Waals surface area contributed by atoms with Gasteiger partial charge in [0.2, 0.25) is 0 Å². The Morgan fingerprint density at radius 2 is 1.65 bits per heavy atom. The highest BCUT2D eigenvalue weighted by atomic mass is 32.2. The molecule has 1 saturated heterocycles. The number of ketones is 1. The topological polar surface area (TPSA) is 63.7 Å². The molecule has 1 aliphatic heterocycles. The standard InChI is InChI=1S/C20H37NO4S/c1-20(2,3)26(23,24)16-17-7-9-18(10-8-17)19(22)6-4-5-11-21-12-14-25-15-13-21/h17-18H,4-16H2,1-3H3. The highest BCUT2D eigenvalue weighted by molar-refractivity contribution is 7.92. The van der Waals surface area contributed by atoms with Crippen molar-refractivity contribution in [3.05, 3.63) is 0 Å². The first kappa shape index (κ1) is 21.8. The van der Waals surface area contributed by atoms with Gasteiger partial charge >= 0.3 is 0 Å². The van der Waals surface area contributed by atoms with Crippen LogP contribution in [0.2, 0.25) is 0 Å². The Kier molecular flexibility index (Phi) is 8.10. The van der Waals surface area contributed by atoms with E-state index in [0.717, 1.165) is 71.4 Å². The number of rotatable bonds is 8. The molecule has 6 heteroatoms. The summed E-state index contributed by atoms with van der Waals surface area (Å²) in [6, 6.07) is 0. The maximum atomic E-state index is 12.4. The second-order valence-electron chi connectivity index (χ2n) is 8.99. The summed E-state index contributed by atoms with van der Waals surface area (Å²) < 4.78 is 29.4. The van der Waals surface area contributed by atoms with Crippen molar-refractivity contribution >= 4 is 15.6 Å². The Morgan fingerprint density at radius 3 is 2.23 bits per heavy atom. The molecule has 152 valence electrons. The number of morpholine rings is 1. The van der Waals surface area contributed by atoms with Crippen LogP contribution < -0.4 is 0 Å². The average molecular weight is 388 g/mol. The fourth-order valence-electron chi connectivity index (χ4n) is 3.87. The van der Waals surface area contributed by atoms with E-state index < -0.39 is 14.6 Å². The molecule has 0 unspecified atom stereocenters. The normalized spacial score (nSPS) is 26.0. The molecule has 0 N–H and O–H groups in total. The lowest BCUT2D eigenvalue weighted by Crippen LogP contribution is -2.36. The molecule has 1 saturated carbocycles. The van der Waals surface area contributed by atoms with E-state index in [1.54, 1.807) is 20.8 Å². The van der Waals surface area contributed by atoms with Gasteiger partial charge in [0.1, 0.15) is 5.78 Å². The SMILES string of the molecule is CC(C)(C)S(=O)(=O)CC1CCC(C(=O)CCCCN2CCOCC2)CC1. The second-order valence-corrected chi connectivity index (χ2v) is 11.8. The molecule has 1 aliphatic carbocycles. The second kappa shape index (κ2) is 9.65. The van der Waals surface area contributed by atoms with Gasteiger partial charge in [-0.05, 0) is 71.8 Å². The van der Waals surface area contributed by atoms with Crippen LogP contribution in [0, 0.1) is 11.8 Å². The van der Waals surface area contributed by atoms with Crippen molar-refractivity contribution in [2.45, 2.75) is 70.5 Å². The quantitative estimate of drug-likeness (QED) is 0.599. The largest absolute Gasteiger partial charge is 0.379 e. The Hall–Kier alpha value is -0.460. The maximum Gasteiger partial charge on any atom is 0.155 e. The lowest BCUT2D eigenvalue weighted by Gasteiger charge is -2.30. The van der Waals surface area contributed by atoms with Gasteiger partial charge in [0, 0.05) is 25.4 Å². The van der Waals surface area contributed by atoms with Crippen LogP contribution in [0.4, 0.5) is 0 Å². The first-order valence-corrected chi connectivity index (χ1v) is 11.9. The molecule has 0 amide bonds. The van der Waals surface area contributed by atoms with Gasteiger partial charge < -0.3 is 4.74 Å². The van der Waals surface area contributed by atoms with Crippen molar-refractivity contribution in [3.8, 4) is 0 Å². The van der Waals surface area contributed by atoms with Crippen molar-refractivity contribution in [1.82, 2.24) is 4.90 Å². The van der Waals surface area contributed by atoms with E-state index in [-0.39, 0.29) is 17.6 Å². The van der Waals surface area contributed by atoms with Gasteiger partial charge in [-0.15, -0.1) is 0 Å². The molecule has 0 spiro atoms. The van der Waals surface area contributed by atoms with Crippen molar-refractivity contribution < 1.29 is 17.9 Å². The molecular formula is C20H37NO4S. The number of Topliss-reactive ketones (excluding diaryl/α,β-unsaturated/α-hetero) is 1. The number of hydrogen-bond acceptors (Lipinski definition) is 5. The molecule has 1 heterocycles. The van der Waals surface area contributed by atoms with Crippen molar-refractivity contribution in [3.63, 3.8) is 0 Å². The average Bonchev–Trinajstić information content (AvgIpc) is 2.59. The van der Waals surface area contributed by atoms with Crippen LogP contribution in [0.5, 0.6) is 0 Å². The first-order valence-electron chi connectivity index (χ1n) is 10.2. The summed E-state index contributed by atoms with van der Waals surface area (Å²) >= 11 is 0. The molecule has 26 heavy (non-hydrogen) atoms. The molecule has 2 rings (SSSR count). The smallest absolute Gasteiger partial charge is 0.155 e. The van der Waals surface area contributed by atoms with Crippen LogP contribution >= 0.6 is 0 Å². The van der Waals surface area contributed by atoms with Crippen molar-refractivity contribution in [2.75, 3.05) is 38.6 Å². The fraction of sp³-hybridized carbons (Fsp3) is 0.950. The summed E-state index contributed by atoms with van der Waals surface area (Å²) in [5.41, 5.74) is 0. The number of ether oxygens (including phenoxy) is 1. The van der Waals surface area contributed by atoms with E-state index in [1.165, 1.54) is 0 Å². The molecule has 5 nitrogen and oxygen atoms in total. The zero-order chi connectivity index (χ0) is 19.2. The molecule has 0 aromatic rings. The minimum Gasteiger partial charge on any atom is -0.379 e. The monoisotopic (exact) mass is 387 g/mol. The summed E-state index contributed by atoms with van der Waals surface area (Å²) in [5.74, 6) is 1.05. The van der Waals surface area contributed by atoms with Crippen LogP contribution in [0.3, 0.4) is 0 Å². The highest BCUT2D eigenvalue weighted by Gasteiger charge is 2.34. The van der Waals surface area contributed by atoms with Crippen LogP contribution in [0.15, 0.2) is 0 Å². The third-order valence-corrected chi connectivity index (χ3v) is 8.72. The Bertz CT molecular complexity index is 539. The number of hydrogen-bond donors (Lipinski definition) is 0. The number of carbonyl (C=O) groups is 1. The van der Waals surface area contributed by atoms with Crippen LogP contribution in [0.1, 0.15) is 65.7 Å². The summed E-state index contributed by atoms with van der Waals surface area (Å²) in [5, 5.41) is 0. The summed E-state index contributed by atoms with van der Waals surface area (Å²) in [7, 11) is -3.06. The minimum absolute atomic E-state index is 0.159. The van der Waals surface area contributed by atoms with Gasteiger partial charge in [-0.3, -0.25) is 9.69 Å². The molecule has 0 bridgehead atoms. The molecule has 0 radical (unpaired) electrons. The highest BCUT2D eigenvalue weighted by Crippen LogP contribution is 2.33. The minimum atomic E-state index is -3.06. The Labute approximate surface area is 159 Å². The van der Waals surface area contributed by atoms with Crippen LogP contribution in [0.25, 0.3) is 0 Å². The van der Waals surface area contributed by atoms with Gasteiger partial charge in [-0.1, -0.05) is 0 Å². The maximum absolute atomic E-state index is 12.4. The van der Waals surface area contributed by atoms with E-state index in [4.69, 9.17) is 4.74 Å². The lowest BCUT2D eigenvalue weighted by atomic mass is 9.80. The van der Waals surface area contributed by atoms with E-state index in [2.05, 4.69) is 4.90 Å². The molecule has 2 fully saturated rings. The third-order valence-electron chi connectivity index (χ3n) is 5.94. The van der Waals surface area contributed by atoms with Crippen molar-refractivity contribution in [1.29, 1.82) is 0 Å². The number of carbonyl (C=O) groups excluding carboxylic acids is 1. The first-order chi connectivity index (χ1) is 12.2. The van der Waals surface area contributed by atoms with Gasteiger partial charge in [0.25, 0.3) is 0 Å². The third kappa shape index (κ3) is 6.61. The Morgan fingerprint density at radius 1 is 1.04 bits per heavy atom. The number of unbranched alkanes of at least 4 members (excludes halogenated alkanes) is 1. The number of nitrogens with zero attached hydrogens (tertiary/aromatic N) is 1. The van der Waals surface area contributed by atoms with Crippen molar-refractivity contribution in [2.24, 2.45) is 11.8 Å². The van der Waals surface area contributed by atoms with Gasteiger partial charge in [0.15, 0.2) is 9.84 Å². The van der Waals surface area contributed by atoms with Gasteiger partial charge in [-0.25, -0.2) is 8.42 Å². The summed E-state index contributed by atoms with van der Waals surface area (Å²) in [6.07, 6.45) is 6.21. The van der Waals surface area contributed by atoms with Gasteiger partial charge in [-0.2, -0.15) is 0 Å². The van der Waals surface area contributed by atoms with Crippen LogP contribution in [-0.2, 0) is 19.4 Å². The molecular weight excluding hydrogens is 350 g/mol. The lowest BCUT2D eigenvalue weighted by molar-refractivity contribution is -0.124. The predicted molar refractivity (Wildman–Crippen MR) is 105 cm³/mol. The molecule has 0 aromatic heterocycles. The van der Waals surface area contributed by atoms with E-state index in [1.807, 2.05) is 0 Å². The molecule has 0 atom stereocenters. The zero-order valence-electron chi connectivity index (χ0n) is 16.8. The fourth-order valence-corrected chi connectivity index (χ4v) is 5.33. The Balaban J connectivity index is 1.63. The number of sulfone groups is 1.